The van der Waals surface area contributed by atoms with Crippen LogP contribution in [0.2, 0.25) is 0 Å². The summed E-state index contributed by atoms with van der Waals surface area (Å²) >= 11 is 0. The molecule has 0 aliphatic heterocycles. The van der Waals surface area contributed by atoms with Gasteiger partial charge in [-0.25, -0.2) is 14.4 Å². The summed E-state index contributed by atoms with van der Waals surface area (Å²) in [6, 6.07) is 23.7. The van der Waals surface area contributed by atoms with Gasteiger partial charge >= 0.3 is 16.9 Å². The van der Waals surface area contributed by atoms with Gasteiger partial charge in [0.1, 0.15) is 39.7 Å². The summed E-state index contributed by atoms with van der Waals surface area (Å²) in [6.45, 7) is 0. The summed E-state index contributed by atoms with van der Waals surface area (Å²) in [7, 11) is 6.00. The van der Waals surface area contributed by atoms with Gasteiger partial charge in [-0.2, -0.15) is 0 Å². The van der Waals surface area contributed by atoms with Crippen molar-refractivity contribution in [2.45, 2.75) is 0 Å². The van der Waals surface area contributed by atoms with E-state index >= 15 is 0 Å². The van der Waals surface area contributed by atoms with Crippen LogP contribution in [0.4, 0.5) is 0 Å². The van der Waals surface area contributed by atoms with Gasteiger partial charge in [0.15, 0.2) is 0 Å². The van der Waals surface area contributed by atoms with Gasteiger partial charge in [0, 0.05) is 29.7 Å². The van der Waals surface area contributed by atoms with Gasteiger partial charge in [-0.3, -0.25) is 0 Å². The predicted octanol–water partition coefficient (Wildman–Crippen LogP) is 7.04. The third kappa shape index (κ3) is 5.15. The van der Waals surface area contributed by atoms with E-state index in [1.807, 2.05) is 12.1 Å². The van der Waals surface area contributed by atoms with Crippen LogP contribution in [0.25, 0.3) is 66.3 Å². The lowest BCUT2D eigenvalue weighted by Crippen LogP contribution is -2.07. The molecule has 10 heteroatoms. The molecule has 0 N–H and O–H groups in total. The second-order valence-electron chi connectivity index (χ2n) is 10.7. The maximum Gasteiger partial charge on any atom is 0.344 e. The molecule has 7 rings (SSSR count). The number of methoxy groups -OCH3 is 4. The monoisotopic (exact) mass is 630 g/mol. The minimum Gasteiger partial charge on any atom is -0.496 e. The number of fused-ring (bicyclic) bond motifs is 3. The van der Waals surface area contributed by atoms with E-state index in [2.05, 4.69) is 0 Å². The Bertz CT molecular complexity index is 2410. The molecule has 0 aliphatic rings. The van der Waals surface area contributed by atoms with Gasteiger partial charge in [0.25, 0.3) is 0 Å². The fourth-order valence-corrected chi connectivity index (χ4v) is 5.66. The summed E-state index contributed by atoms with van der Waals surface area (Å²) in [5, 5.41) is 1.73. The van der Waals surface area contributed by atoms with Gasteiger partial charge in [0.2, 0.25) is 0 Å². The van der Waals surface area contributed by atoms with E-state index in [-0.39, 0.29) is 27.9 Å². The maximum atomic E-state index is 13.5. The first-order valence-corrected chi connectivity index (χ1v) is 14.4. The van der Waals surface area contributed by atoms with E-state index in [0.717, 1.165) is 0 Å². The molecule has 47 heavy (non-hydrogen) atoms. The standard InChI is InChI=1S/C37H26O10/c1-41-23-13-31(43-3)28-17-26(36(39)46-33(28)15-23)21-9-20(25-12-19-7-5-6-8-30(19)45-35(25)38)10-22(11-21)27-18-29-32(44-4)14-24(42-2)16-34(29)47-37(27)40/h5-18H,1-4H3. The Balaban J connectivity index is 1.53. The topological polar surface area (TPSA) is 128 Å². The lowest BCUT2D eigenvalue weighted by molar-refractivity contribution is 0.395. The average Bonchev–Trinajstić information content (AvgIpc) is 3.09. The van der Waals surface area contributed by atoms with Crippen LogP contribution < -0.4 is 35.8 Å². The highest BCUT2D eigenvalue weighted by atomic mass is 16.5. The van der Waals surface area contributed by atoms with Crippen molar-refractivity contribution in [3.63, 3.8) is 0 Å². The molecule has 0 radical (unpaired) electrons. The van der Waals surface area contributed by atoms with Crippen LogP contribution in [0.15, 0.2) is 113 Å². The largest absolute Gasteiger partial charge is 0.496 e. The van der Waals surface area contributed by atoms with Gasteiger partial charge < -0.3 is 32.2 Å². The molecule has 234 valence electrons. The van der Waals surface area contributed by atoms with Crippen LogP contribution in [-0.4, -0.2) is 28.4 Å². The third-order valence-corrected chi connectivity index (χ3v) is 8.00. The molecule has 10 nitrogen and oxygen atoms in total. The van der Waals surface area contributed by atoms with Crippen molar-refractivity contribution in [2.75, 3.05) is 28.4 Å². The molecular weight excluding hydrogens is 604 g/mol. The number of hydrogen-bond acceptors (Lipinski definition) is 10. The quantitative estimate of drug-likeness (QED) is 0.169. The number of rotatable bonds is 7. The van der Waals surface area contributed by atoms with Crippen LogP contribution >= 0.6 is 0 Å². The number of hydrogen-bond donors (Lipinski definition) is 0. The predicted molar refractivity (Wildman–Crippen MR) is 177 cm³/mol. The molecule has 0 fully saturated rings. The van der Waals surface area contributed by atoms with Gasteiger partial charge in [-0.15, -0.1) is 0 Å². The highest BCUT2D eigenvalue weighted by Crippen LogP contribution is 2.37. The minimum absolute atomic E-state index is 0.168. The maximum absolute atomic E-state index is 13.5. The van der Waals surface area contributed by atoms with E-state index in [1.165, 1.54) is 28.4 Å². The Labute approximate surface area is 265 Å². The Kier molecular flexibility index (Phi) is 7.24. The van der Waals surface area contributed by atoms with Crippen molar-refractivity contribution in [1.29, 1.82) is 0 Å². The lowest BCUT2D eigenvalue weighted by atomic mass is 9.94. The van der Waals surface area contributed by atoms with E-state index in [9.17, 15) is 14.4 Å². The first kappa shape index (κ1) is 29.4. The Morgan fingerprint density at radius 2 is 0.872 bits per heavy atom. The zero-order chi connectivity index (χ0) is 32.8. The number of benzene rings is 4. The Morgan fingerprint density at radius 3 is 1.32 bits per heavy atom. The number of ether oxygens (including phenoxy) is 4. The fraction of sp³-hybridized carbons (Fsp3) is 0.108. The molecule has 0 atom stereocenters. The highest BCUT2D eigenvalue weighted by Gasteiger charge is 2.19. The molecule has 3 aromatic heterocycles. The summed E-state index contributed by atoms with van der Waals surface area (Å²) < 4.78 is 38.9. The summed E-state index contributed by atoms with van der Waals surface area (Å²) in [5.41, 5.74) is 0.771. The zero-order valence-corrected chi connectivity index (χ0v) is 25.7. The molecule has 0 spiro atoms. The molecule has 0 aliphatic carbocycles. The smallest absolute Gasteiger partial charge is 0.344 e. The van der Waals surface area contributed by atoms with Crippen molar-refractivity contribution in [1.82, 2.24) is 0 Å². The summed E-state index contributed by atoms with van der Waals surface area (Å²) in [5.74, 6) is 1.75. The number of para-hydroxylation sites is 1. The zero-order valence-electron chi connectivity index (χ0n) is 25.7. The molecule has 0 saturated heterocycles. The van der Waals surface area contributed by atoms with Crippen molar-refractivity contribution in [2.24, 2.45) is 0 Å². The summed E-state index contributed by atoms with van der Waals surface area (Å²) in [6.07, 6.45) is 0. The molecule has 0 unspecified atom stereocenters. The molecule has 4 aromatic carbocycles. The second-order valence-corrected chi connectivity index (χ2v) is 10.7. The van der Waals surface area contributed by atoms with Crippen LogP contribution in [0, 0.1) is 0 Å². The Hall–Kier alpha value is -6.29. The van der Waals surface area contributed by atoms with Gasteiger partial charge in [0.05, 0.1) is 55.9 Å². The SMILES string of the molecule is COc1cc(OC)c2cc(-c3cc(-c4cc5ccccc5oc4=O)cc(-c4cc5c(OC)cc(OC)cc5oc4=O)c3)c(=O)oc2c1. The average molecular weight is 631 g/mol. The van der Waals surface area contributed by atoms with Crippen molar-refractivity contribution < 1.29 is 32.2 Å². The van der Waals surface area contributed by atoms with Crippen LogP contribution in [0.1, 0.15) is 0 Å². The van der Waals surface area contributed by atoms with Crippen LogP contribution in [0.5, 0.6) is 23.0 Å². The molecule has 0 saturated carbocycles. The molecular formula is C37H26O10. The summed E-state index contributed by atoms with van der Waals surface area (Å²) in [4.78, 5) is 40.4. The Morgan fingerprint density at radius 1 is 0.447 bits per heavy atom. The molecule has 0 bridgehead atoms. The molecule has 3 heterocycles. The normalized spacial score (nSPS) is 11.2. The van der Waals surface area contributed by atoms with E-state index in [4.69, 9.17) is 32.2 Å². The lowest BCUT2D eigenvalue weighted by Gasteiger charge is -2.13. The van der Waals surface area contributed by atoms with Crippen molar-refractivity contribution in [3.05, 3.63) is 116 Å². The van der Waals surface area contributed by atoms with Crippen molar-refractivity contribution in [3.8, 4) is 56.4 Å². The van der Waals surface area contributed by atoms with Crippen LogP contribution in [-0.2, 0) is 0 Å². The second kappa shape index (κ2) is 11.6. The van der Waals surface area contributed by atoms with Gasteiger partial charge in [-0.1, -0.05) is 18.2 Å². The van der Waals surface area contributed by atoms with E-state index in [0.29, 0.717) is 61.4 Å². The third-order valence-electron chi connectivity index (χ3n) is 8.00. The molecule has 0 amide bonds. The first-order chi connectivity index (χ1) is 22.8. The molecule has 7 aromatic rings. The van der Waals surface area contributed by atoms with E-state index in [1.54, 1.807) is 72.8 Å². The van der Waals surface area contributed by atoms with Gasteiger partial charge in [-0.05, 0) is 59.2 Å². The van der Waals surface area contributed by atoms with E-state index < -0.39 is 16.9 Å². The highest BCUT2D eigenvalue weighted by molar-refractivity contribution is 5.92. The fourth-order valence-electron chi connectivity index (χ4n) is 5.66. The van der Waals surface area contributed by atoms with Crippen molar-refractivity contribution >= 4 is 32.9 Å². The minimum atomic E-state index is -0.652. The van der Waals surface area contributed by atoms with Crippen LogP contribution in [0.3, 0.4) is 0 Å². The first-order valence-electron chi connectivity index (χ1n) is 14.4.